The molecule has 0 saturated carbocycles. The van der Waals surface area contributed by atoms with E-state index in [0.29, 0.717) is 6.42 Å². The van der Waals surface area contributed by atoms with Gasteiger partial charge in [0, 0.05) is 6.42 Å². The van der Waals surface area contributed by atoms with E-state index in [1.54, 1.807) is 0 Å². The standard InChI is InChI=1S/C24H36O2/c1-2-3-4-5-6-7-8-9-10-11-12-13-14-15-16-17-18-19-20-21-22-23-24(25)26/h3-4,6-7,9-10,12-13,15-18H,2,5,8,11,14,19-23H2,1H3,(H,25,26)/b4-3-,7-6-,10-9-,13-12-,16-15-,18-17-. The van der Waals surface area contributed by atoms with E-state index in [0.717, 1.165) is 57.8 Å². The van der Waals surface area contributed by atoms with Crippen LogP contribution in [0.4, 0.5) is 0 Å². The zero-order chi connectivity index (χ0) is 19.1. The fraction of sp³-hybridized carbons (Fsp3) is 0.458. The molecule has 0 bridgehead atoms. The van der Waals surface area contributed by atoms with Crippen molar-refractivity contribution in [2.24, 2.45) is 0 Å². The largest absolute Gasteiger partial charge is 0.481 e. The Hall–Kier alpha value is -2.09. The van der Waals surface area contributed by atoms with Crippen molar-refractivity contribution in [3.05, 3.63) is 72.9 Å². The molecule has 2 heteroatoms. The highest BCUT2D eigenvalue weighted by Crippen LogP contribution is 2.03. The Labute approximate surface area is 160 Å². The van der Waals surface area contributed by atoms with Crippen LogP contribution < -0.4 is 0 Å². The van der Waals surface area contributed by atoms with Crippen LogP contribution in [-0.4, -0.2) is 11.1 Å². The average Bonchev–Trinajstić information content (AvgIpc) is 2.62. The topological polar surface area (TPSA) is 37.3 Å². The quantitative estimate of drug-likeness (QED) is 0.178. The van der Waals surface area contributed by atoms with Gasteiger partial charge in [-0.2, -0.15) is 0 Å². The molecule has 0 aromatic rings. The maximum absolute atomic E-state index is 10.4. The molecular formula is C24H36O2. The second-order valence-electron chi connectivity index (χ2n) is 6.09. The zero-order valence-electron chi connectivity index (χ0n) is 16.4. The molecule has 0 aliphatic carbocycles. The Balaban J connectivity index is 3.49. The lowest BCUT2D eigenvalue weighted by Crippen LogP contribution is -1.93. The molecule has 1 N–H and O–H groups in total. The third-order valence-electron chi connectivity index (χ3n) is 3.64. The highest BCUT2D eigenvalue weighted by atomic mass is 16.4. The number of carboxylic acids is 1. The molecule has 0 fully saturated rings. The molecule has 26 heavy (non-hydrogen) atoms. The summed E-state index contributed by atoms with van der Waals surface area (Å²) in [7, 11) is 0. The number of hydrogen-bond donors (Lipinski definition) is 1. The monoisotopic (exact) mass is 356 g/mol. The molecule has 144 valence electrons. The number of hydrogen-bond acceptors (Lipinski definition) is 1. The Kier molecular flexibility index (Phi) is 19.3. The lowest BCUT2D eigenvalue weighted by atomic mass is 10.1. The smallest absolute Gasteiger partial charge is 0.303 e. The molecule has 0 aliphatic rings. The molecule has 0 aliphatic heterocycles. The van der Waals surface area contributed by atoms with Crippen molar-refractivity contribution in [2.75, 3.05) is 0 Å². The number of allylic oxidation sites excluding steroid dienone is 12. The highest BCUT2D eigenvalue weighted by molar-refractivity contribution is 5.66. The van der Waals surface area contributed by atoms with E-state index >= 15 is 0 Å². The Bertz CT molecular complexity index is 490. The van der Waals surface area contributed by atoms with Crippen LogP contribution in [0.5, 0.6) is 0 Å². The molecule has 0 saturated heterocycles. The van der Waals surface area contributed by atoms with Gasteiger partial charge in [0.15, 0.2) is 0 Å². The minimum absolute atomic E-state index is 0.290. The van der Waals surface area contributed by atoms with Crippen LogP contribution in [0.2, 0.25) is 0 Å². The number of carboxylic acid groups (broad SMARTS) is 1. The van der Waals surface area contributed by atoms with E-state index < -0.39 is 5.97 Å². The van der Waals surface area contributed by atoms with E-state index in [2.05, 4.69) is 79.8 Å². The van der Waals surface area contributed by atoms with E-state index in [1.165, 1.54) is 0 Å². The van der Waals surface area contributed by atoms with Gasteiger partial charge < -0.3 is 5.11 Å². The molecule has 0 amide bonds. The van der Waals surface area contributed by atoms with E-state index in [9.17, 15) is 4.79 Å². The first-order chi connectivity index (χ1) is 12.8. The molecule has 0 aromatic carbocycles. The number of aliphatic carboxylic acids is 1. The normalized spacial score (nSPS) is 13.0. The van der Waals surface area contributed by atoms with Crippen molar-refractivity contribution in [3.63, 3.8) is 0 Å². The summed E-state index contributed by atoms with van der Waals surface area (Å²) < 4.78 is 0. The minimum Gasteiger partial charge on any atom is -0.481 e. The lowest BCUT2D eigenvalue weighted by molar-refractivity contribution is -0.137. The average molecular weight is 357 g/mol. The molecule has 2 nitrogen and oxygen atoms in total. The summed E-state index contributed by atoms with van der Waals surface area (Å²) in [5.74, 6) is -0.695. The molecule has 0 spiro atoms. The van der Waals surface area contributed by atoms with Crippen LogP contribution in [0.25, 0.3) is 0 Å². The summed E-state index contributed by atoms with van der Waals surface area (Å²) in [5.41, 5.74) is 0. The number of carbonyl (C=O) groups is 1. The van der Waals surface area contributed by atoms with Crippen molar-refractivity contribution in [3.8, 4) is 0 Å². The maximum Gasteiger partial charge on any atom is 0.303 e. The van der Waals surface area contributed by atoms with Gasteiger partial charge >= 0.3 is 5.97 Å². The minimum atomic E-state index is -0.695. The first kappa shape index (κ1) is 23.9. The molecule has 0 heterocycles. The van der Waals surface area contributed by atoms with Crippen molar-refractivity contribution in [1.82, 2.24) is 0 Å². The third kappa shape index (κ3) is 21.9. The second-order valence-corrected chi connectivity index (χ2v) is 6.09. The SMILES string of the molecule is CC/C=C\C/C=C\C/C=C\C/C=C\C/C=C\C=C/CCCCCC(=O)O. The second kappa shape index (κ2) is 21.0. The van der Waals surface area contributed by atoms with Gasteiger partial charge in [0.05, 0.1) is 0 Å². The van der Waals surface area contributed by atoms with Gasteiger partial charge in [-0.25, -0.2) is 0 Å². The number of rotatable bonds is 16. The molecule has 0 radical (unpaired) electrons. The summed E-state index contributed by atoms with van der Waals surface area (Å²) in [4.78, 5) is 10.4. The van der Waals surface area contributed by atoms with Gasteiger partial charge in [-0.1, -0.05) is 86.3 Å². The molecule has 0 aromatic heterocycles. The van der Waals surface area contributed by atoms with Gasteiger partial charge in [-0.3, -0.25) is 4.79 Å². The van der Waals surface area contributed by atoms with Crippen LogP contribution in [0.15, 0.2) is 72.9 Å². The Morgan fingerprint density at radius 3 is 1.69 bits per heavy atom. The van der Waals surface area contributed by atoms with Gasteiger partial charge in [0.2, 0.25) is 0 Å². The summed E-state index contributed by atoms with van der Waals surface area (Å²) in [6, 6.07) is 0. The van der Waals surface area contributed by atoms with Crippen LogP contribution in [0.3, 0.4) is 0 Å². The van der Waals surface area contributed by atoms with Crippen molar-refractivity contribution < 1.29 is 9.90 Å². The Morgan fingerprint density at radius 2 is 1.15 bits per heavy atom. The van der Waals surface area contributed by atoms with Crippen molar-refractivity contribution in [2.45, 2.75) is 71.1 Å². The first-order valence-electron chi connectivity index (χ1n) is 9.90. The summed E-state index contributed by atoms with van der Waals surface area (Å²) in [6.07, 6.45) is 35.3. The van der Waals surface area contributed by atoms with Crippen LogP contribution >= 0.6 is 0 Å². The van der Waals surface area contributed by atoms with Crippen LogP contribution in [0, 0.1) is 0 Å². The molecule has 0 atom stereocenters. The van der Waals surface area contributed by atoms with Gasteiger partial charge in [-0.15, -0.1) is 0 Å². The van der Waals surface area contributed by atoms with Gasteiger partial charge in [-0.05, 0) is 51.4 Å². The maximum atomic E-state index is 10.4. The van der Waals surface area contributed by atoms with Crippen LogP contribution in [-0.2, 0) is 4.79 Å². The molecule has 0 unspecified atom stereocenters. The first-order valence-corrected chi connectivity index (χ1v) is 9.90. The Morgan fingerprint density at radius 1 is 0.654 bits per heavy atom. The summed E-state index contributed by atoms with van der Waals surface area (Å²) in [5, 5.41) is 8.54. The van der Waals surface area contributed by atoms with Gasteiger partial charge in [0.25, 0.3) is 0 Å². The zero-order valence-corrected chi connectivity index (χ0v) is 16.4. The van der Waals surface area contributed by atoms with Crippen molar-refractivity contribution in [1.29, 1.82) is 0 Å². The summed E-state index contributed by atoms with van der Waals surface area (Å²) in [6.45, 7) is 2.15. The highest BCUT2D eigenvalue weighted by Gasteiger charge is 1.94. The van der Waals surface area contributed by atoms with Gasteiger partial charge in [0.1, 0.15) is 0 Å². The fourth-order valence-corrected chi connectivity index (χ4v) is 2.20. The fourth-order valence-electron chi connectivity index (χ4n) is 2.20. The lowest BCUT2D eigenvalue weighted by Gasteiger charge is -1.94. The summed E-state index contributed by atoms with van der Waals surface area (Å²) >= 11 is 0. The molecule has 0 rings (SSSR count). The van der Waals surface area contributed by atoms with E-state index in [1.807, 2.05) is 0 Å². The van der Waals surface area contributed by atoms with E-state index in [-0.39, 0.29) is 0 Å². The predicted octanol–water partition coefficient (Wildman–Crippen LogP) is 7.33. The number of unbranched alkanes of at least 4 members (excludes halogenated alkanes) is 3. The van der Waals surface area contributed by atoms with Crippen LogP contribution in [0.1, 0.15) is 71.1 Å². The van der Waals surface area contributed by atoms with Crippen molar-refractivity contribution >= 4 is 5.97 Å². The molecular weight excluding hydrogens is 320 g/mol. The predicted molar refractivity (Wildman–Crippen MR) is 114 cm³/mol. The van der Waals surface area contributed by atoms with E-state index in [4.69, 9.17) is 5.11 Å². The third-order valence-corrected chi connectivity index (χ3v) is 3.64.